The first-order valence-corrected chi connectivity index (χ1v) is 4.54. The third-order valence-electron chi connectivity index (χ3n) is 2.71. The summed E-state index contributed by atoms with van der Waals surface area (Å²) < 4.78 is 0. The van der Waals surface area contributed by atoms with E-state index in [4.69, 9.17) is 5.53 Å². The molecule has 1 saturated carbocycles. The van der Waals surface area contributed by atoms with Gasteiger partial charge in [-0.15, -0.1) is 0 Å². The molecule has 0 amide bonds. The van der Waals surface area contributed by atoms with Crippen LogP contribution in [0.4, 0.5) is 0 Å². The monoisotopic (exact) mass is 167 g/mol. The summed E-state index contributed by atoms with van der Waals surface area (Å²) >= 11 is 0. The van der Waals surface area contributed by atoms with Crippen LogP contribution in [0.25, 0.3) is 10.4 Å². The zero-order valence-electron chi connectivity index (χ0n) is 8.17. The highest BCUT2D eigenvalue weighted by Gasteiger charge is 2.35. The lowest BCUT2D eigenvalue weighted by atomic mass is 9.69. The van der Waals surface area contributed by atoms with Crippen molar-refractivity contribution in [2.24, 2.45) is 10.5 Å². The van der Waals surface area contributed by atoms with Crippen LogP contribution >= 0.6 is 0 Å². The van der Waals surface area contributed by atoms with Crippen LogP contribution < -0.4 is 0 Å². The smallest absolute Gasteiger partial charge is 0.0465 e. The Morgan fingerprint density at radius 1 is 1.25 bits per heavy atom. The highest BCUT2D eigenvalue weighted by Crippen LogP contribution is 2.42. The lowest BCUT2D eigenvalue weighted by Crippen LogP contribution is -2.34. The van der Waals surface area contributed by atoms with E-state index in [1.54, 1.807) is 0 Å². The quantitative estimate of drug-likeness (QED) is 0.325. The Hall–Kier alpha value is -0.690. The van der Waals surface area contributed by atoms with Gasteiger partial charge in [-0.2, -0.15) is 0 Å². The Bertz CT molecular complexity index is 216. The number of nitrogens with zero attached hydrogens (tertiary/aromatic N) is 3. The van der Waals surface area contributed by atoms with E-state index in [1.807, 2.05) is 0 Å². The van der Waals surface area contributed by atoms with Gasteiger partial charge in [-0.3, -0.25) is 0 Å². The highest BCUT2D eigenvalue weighted by atomic mass is 15.2. The number of hydrogen-bond acceptors (Lipinski definition) is 1. The minimum Gasteiger partial charge on any atom is -0.0875 e. The van der Waals surface area contributed by atoms with E-state index < -0.39 is 0 Å². The highest BCUT2D eigenvalue weighted by molar-refractivity contribution is 4.93. The largest absolute Gasteiger partial charge is 0.0875 e. The first-order chi connectivity index (χ1) is 5.47. The predicted molar refractivity (Wildman–Crippen MR) is 49.8 cm³/mol. The van der Waals surface area contributed by atoms with E-state index >= 15 is 0 Å². The Morgan fingerprint density at radius 3 is 2.42 bits per heavy atom. The second-order valence-corrected chi connectivity index (χ2v) is 4.88. The molecule has 0 saturated heterocycles. The molecule has 1 atom stereocenters. The van der Waals surface area contributed by atoms with Crippen molar-refractivity contribution >= 4 is 0 Å². The summed E-state index contributed by atoms with van der Waals surface area (Å²) in [5.74, 6) is 0. The summed E-state index contributed by atoms with van der Waals surface area (Å²) in [4.78, 5) is 2.92. The van der Waals surface area contributed by atoms with E-state index in [0.717, 1.165) is 12.8 Å². The van der Waals surface area contributed by atoms with Crippen LogP contribution in [0.15, 0.2) is 5.11 Å². The van der Waals surface area contributed by atoms with Crippen LogP contribution in [0.3, 0.4) is 0 Å². The fraction of sp³-hybridized carbons (Fsp3) is 1.00. The van der Waals surface area contributed by atoms with Gasteiger partial charge in [0.05, 0.1) is 0 Å². The van der Waals surface area contributed by atoms with Crippen LogP contribution in [-0.4, -0.2) is 5.54 Å². The normalized spacial score (nSPS) is 33.9. The molecular formula is C9H17N3. The summed E-state index contributed by atoms with van der Waals surface area (Å²) in [6.07, 6.45) is 4.50. The topological polar surface area (TPSA) is 48.8 Å². The minimum absolute atomic E-state index is 0.128. The van der Waals surface area contributed by atoms with Crippen molar-refractivity contribution in [2.75, 3.05) is 0 Å². The van der Waals surface area contributed by atoms with Crippen molar-refractivity contribution in [3.05, 3.63) is 10.4 Å². The fourth-order valence-electron chi connectivity index (χ4n) is 2.35. The molecule has 0 N–H and O–H groups in total. The van der Waals surface area contributed by atoms with Gasteiger partial charge in [0.25, 0.3) is 0 Å². The second kappa shape index (κ2) is 2.98. The van der Waals surface area contributed by atoms with E-state index in [0.29, 0.717) is 5.41 Å². The molecule has 1 aliphatic carbocycles. The molecule has 1 rings (SSSR count). The molecule has 1 aliphatic rings. The van der Waals surface area contributed by atoms with Crippen LogP contribution in [0, 0.1) is 5.41 Å². The fourth-order valence-corrected chi connectivity index (χ4v) is 2.35. The molecule has 0 radical (unpaired) electrons. The summed E-state index contributed by atoms with van der Waals surface area (Å²) in [5.41, 5.74) is 8.63. The van der Waals surface area contributed by atoms with Crippen LogP contribution in [0.2, 0.25) is 0 Å². The molecule has 0 aromatic carbocycles. The van der Waals surface area contributed by atoms with Crippen molar-refractivity contribution in [3.8, 4) is 0 Å². The first kappa shape index (κ1) is 9.40. The maximum atomic E-state index is 8.41. The lowest BCUT2D eigenvalue weighted by molar-refractivity contribution is 0.164. The van der Waals surface area contributed by atoms with E-state index in [1.165, 1.54) is 12.8 Å². The third kappa shape index (κ3) is 2.15. The van der Waals surface area contributed by atoms with Gasteiger partial charge >= 0.3 is 0 Å². The molecule has 1 fully saturated rings. The maximum absolute atomic E-state index is 8.41. The molecule has 68 valence electrons. The van der Waals surface area contributed by atoms with Crippen LogP contribution in [0.5, 0.6) is 0 Å². The average Bonchev–Trinajstić information content (AvgIpc) is 1.83. The van der Waals surface area contributed by atoms with Gasteiger partial charge in [-0.1, -0.05) is 32.3 Å². The summed E-state index contributed by atoms with van der Waals surface area (Å²) in [6.45, 7) is 6.56. The Balaban J connectivity index is 2.74. The van der Waals surface area contributed by atoms with Gasteiger partial charge in [-0.25, -0.2) is 0 Å². The van der Waals surface area contributed by atoms with Gasteiger partial charge in [0, 0.05) is 10.5 Å². The molecular weight excluding hydrogens is 150 g/mol. The number of rotatable bonds is 1. The van der Waals surface area contributed by atoms with E-state index in [9.17, 15) is 0 Å². The van der Waals surface area contributed by atoms with Crippen molar-refractivity contribution in [1.82, 2.24) is 0 Å². The summed E-state index contributed by atoms with van der Waals surface area (Å²) in [6, 6.07) is 0. The predicted octanol–water partition coefficient (Wildman–Crippen LogP) is 3.66. The molecule has 0 aromatic rings. The molecule has 12 heavy (non-hydrogen) atoms. The number of hydrogen-bond donors (Lipinski definition) is 0. The molecule has 3 nitrogen and oxygen atoms in total. The van der Waals surface area contributed by atoms with Crippen LogP contribution in [-0.2, 0) is 0 Å². The molecule has 0 aromatic heterocycles. The number of azide groups is 1. The van der Waals surface area contributed by atoms with Crippen LogP contribution in [0.1, 0.15) is 46.5 Å². The molecule has 3 heteroatoms. The standard InChI is InChI=1S/C9H17N3/c1-8(2)5-4-6-9(3,7-8)11-12-10/h4-7H2,1-3H3. The Morgan fingerprint density at radius 2 is 1.92 bits per heavy atom. The van der Waals surface area contributed by atoms with Gasteiger partial charge in [0.15, 0.2) is 0 Å². The van der Waals surface area contributed by atoms with E-state index in [-0.39, 0.29) is 5.54 Å². The second-order valence-electron chi connectivity index (χ2n) is 4.88. The molecule has 0 spiro atoms. The van der Waals surface area contributed by atoms with Crippen molar-refractivity contribution in [3.63, 3.8) is 0 Å². The van der Waals surface area contributed by atoms with Gasteiger partial charge < -0.3 is 0 Å². The molecule has 0 heterocycles. The summed E-state index contributed by atoms with van der Waals surface area (Å²) in [7, 11) is 0. The van der Waals surface area contributed by atoms with Crippen molar-refractivity contribution < 1.29 is 0 Å². The van der Waals surface area contributed by atoms with Gasteiger partial charge in [-0.05, 0) is 30.2 Å². The molecule has 0 bridgehead atoms. The average molecular weight is 167 g/mol. The molecule has 1 unspecified atom stereocenters. The van der Waals surface area contributed by atoms with Gasteiger partial charge in [0.1, 0.15) is 0 Å². The third-order valence-corrected chi connectivity index (χ3v) is 2.71. The zero-order chi connectivity index (χ0) is 9.24. The van der Waals surface area contributed by atoms with E-state index in [2.05, 4.69) is 30.8 Å². The Labute approximate surface area is 73.8 Å². The maximum Gasteiger partial charge on any atom is 0.0465 e. The molecule has 0 aliphatic heterocycles. The van der Waals surface area contributed by atoms with Crippen molar-refractivity contribution in [1.29, 1.82) is 0 Å². The lowest BCUT2D eigenvalue weighted by Gasteiger charge is -2.39. The minimum atomic E-state index is -0.128. The first-order valence-electron chi connectivity index (χ1n) is 4.54. The summed E-state index contributed by atoms with van der Waals surface area (Å²) in [5, 5.41) is 3.89. The Kier molecular flexibility index (Phi) is 2.34. The zero-order valence-corrected chi connectivity index (χ0v) is 8.17. The SMILES string of the molecule is CC1(C)CCCC(C)(N=[N+]=[N-])C1. The van der Waals surface area contributed by atoms with Gasteiger partial charge in [0.2, 0.25) is 0 Å². The van der Waals surface area contributed by atoms with Crippen molar-refractivity contribution in [2.45, 2.75) is 52.0 Å².